The summed E-state index contributed by atoms with van der Waals surface area (Å²) in [5.74, 6) is 3.95. The Balaban J connectivity index is 0.000000598. The van der Waals surface area contributed by atoms with Gasteiger partial charge in [-0.3, -0.25) is 24.1 Å². The van der Waals surface area contributed by atoms with E-state index < -0.39 is 0 Å². The number of benzene rings is 2. The second-order valence-electron chi connectivity index (χ2n) is 16.4. The number of aryl methyl sites for hydroxylation is 1. The fraction of sp³-hybridized carbons (Fsp3) is 0.535. The molecule has 4 aromatic rings. The van der Waals surface area contributed by atoms with Gasteiger partial charge in [0.2, 0.25) is 18.3 Å². The zero-order valence-corrected chi connectivity index (χ0v) is 34.3. The first-order valence-electron chi connectivity index (χ1n) is 20.8. The molecule has 2 saturated heterocycles. The Morgan fingerprint density at radius 1 is 1.00 bits per heavy atom. The van der Waals surface area contributed by atoms with Crippen LogP contribution in [0.15, 0.2) is 53.6 Å². The molecule has 2 aromatic heterocycles. The van der Waals surface area contributed by atoms with E-state index in [4.69, 9.17) is 9.97 Å². The van der Waals surface area contributed by atoms with E-state index in [0.717, 1.165) is 81.9 Å². The van der Waals surface area contributed by atoms with Crippen LogP contribution >= 0.6 is 11.9 Å². The molecule has 9 rings (SSSR count). The number of aromatic nitrogens is 4. The summed E-state index contributed by atoms with van der Waals surface area (Å²) in [5.41, 5.74) is 4.76. The molecule has 4 fully saturated rings. The summed E-state index contributed by atoms with van der Waals surface area (Å²) in [6.45, 7) is 7.92. The number of amides is 2. The van der Waals surface area contributed by atoms with Crippen molar-refractivity contribution in [3.63, 3.8) is 0 Å². The van der Waals surface area contributed by atoms with E-state index in [2.05, 4.69) is 79.6 Å². The Morgan fingerprint density at radius 3 is 2.49 bits per heavy atom. The zero-order valence-electron chi connectivity index (χ0n) is 33.5. The van der Waals surface area contributed by atoms with E-state index in [9.17, 15) is 14.4 Å². The second kappa shape index (κ2) is 17.1. The van der Waals surface area contributed by atoms with Gasteiger partial charge in [0.05, 0.1) is 10.9 Å². The highest BCUT2D eigenvalue weighted by Crippen LogP contribution is 2.58. The number of fused-ring (bicyclic) bond motifs is 3. The van der Waals surface area contributed by atoms with Crippen LogP contribution < -0.4 is 20.9 Å². The van der Waals surface area contributed by atoms with E-state index in [1.165, 1.54) is 52.6 Å². The first-order chi connectivity index (χ1) is 27.8. The quantitative estimate of drug-likeness (QED) is 0.0803. The molecule has 2 aliphatic carbocycles. The molecule has 1 atom stereocenters. The molecule has 14 heteroatoms. The van der Waals surface area contributed by atoms with Crippen molar-refractivity contribution < 1.29 is 14.4 Å². The van der Waals surface area contributed by atoms with Crippen molar-refractivity contribution in [3.05, 3.63) is 65.4 Å². The number of rotatable bonds is 14. The van der Waals surface area contributed by atoms with Crippen LogP contribution in [0, 0.1) is 5.92 Å². The Kier molecular flexibility index (Phi) is 11.8. The average molecular weight is 793 g/mol. The third-order valence-corrected chi connectivity index (χ3v) is 13.7. The van der Waals surface area contributed by atoms with Crippen LogP contribution in [0.4, 0.5) is 17.6 Å². The summed E-state index contributed by atoms with van der Waals surface area (Å²) in [6, 6.07) is 16.6. The van der Waals surface area contributed by atoms with Crippen molar-refractivity contribution in [1.29, 1.82) is 0 Å². The molecule has 1 spiro atoms. The molecule has 5 aliphatic rings. The molecule has 2 aromatic carbocycles. The first-order valence-corrected chi connectivity index (χ1v) is 21.5. The predicted molar refractivity (Wildman–Crippen MR) is 225 cm³/mol. The zero-order chi connectivity index (χ0) is 39.5. The molecular weight excluding hydrogens is 737 g/mol. The monoisotopic (exact) mass is 792 g/mol. The largest absolute Gasteiger partial charge is 0.371 e. The van der Waals surface area contributed by atoms with Crippen molar-refractivity contribution in [3.8, 4) is 0 Å². The fourth-order valence-electron chi connectivity index (χ4n) is 8.90. The van der Waals surface area contributed by atoms with Gasteiger partial charge >= 0.3 is 0 Å². The lowest BCUT2D eigenvalue weighted by molar-refractivity contribution is -0.120. The van der Waals surface area contributed by atoms with Crippen LogP contribution in [0.25, 0.3) is 10.9 Å². The molecule has 2 amide bonds. The standard InChI is InChI=1S/C39H49N9OS.C4H7NO2/c1-25(27-7-8-27)48-36-33(39(15-16-39)37(48)49)23-41-38(43-36)42-30-13-19-47(20-14-30)50-31-6-4-5-26(21-31)24-46-17-11-28(12-18-46)29-9-10-32-34(22-29)45(3)44-35(32)40-2;6-3-1-2-5-4-7/h4-6,9-10,21-23,25,27-28,30H,7-8,11-20,24H2,1-3H3,(H,40,44)(H,41,42,43);3-4H,1-2H2,(H,5,7)/t25-;/m0./s1. The minimum atomic E-state index is -0.332. The van der Waals surface area contributed by atoms with Crippen LogP contribution in [-0.4, -0.2) is 99.4 Å². The normalized spacial score (nSPS) is 20.2. The number of piperidine rings is 2. The first kappa shape index (κ1) is 39.3. The molecule has 0 bridgehead atoms. The highest BCUT2D eigenvalue weighted by atomic mass is 32.2. The molecule has 5 heterocycles. The van der Waals surface area contributed by atoms with Gasteiger partial charge in [0, 0.05) is 80.8 Å². The van der Waals surface area contributed by atoms with Crippen molar-refractivity contribution in [2.45, 2.75) is 99.6 Å². The van der Waals surface area contributed by atoms with Crippen molar-refractivity contribution in [2.24, 2.45) is 13.0 Å². The van der Waals surface area contributed by atoms with E-state index in [1.54, 1.807) is 0 Å². The molecule has 3 N–H and O–H groups in total. The number of carbonyl (C=O) groups excluding carboxylic acids is 3. The highest BCUT2D eigenvalue weighted by molar-refractivity contribution is 7.97. The van der Waals surface area contributed by atoms with Gasteiger partial charge in [-0.1, -0.05) is 18.2 Å². The maximum atomic E-state index is 13.5. The SMILES string of the molecule is CNc1nn(C)c2cc(C3CCN(Cc4cccc(SN5CCC(Nc6ncc7c(n6)N([C@@H](C)C6CC6)C(=O)C76CC6)CC5)c4)CC3)ccc12.O=CCCNC=O. The second-order valence-corrected chi connectivity index (χ2v) is 17.6. The Morgan fingerprint density at radius 2 is 1.79 bits per heavy atom. The molecule has 13 nitrogen and oxygen atoms in total. The Hall–Kier alpha value is -4.53. The van der Waals surface area contributed by atoms with E-state index in [-0.39, 0.29) is 17.4 Å². The lowest BCUT2D eigenvalue weighted by atomic mass is 9.89. The average Bonchev–Trinajstić information content (AvgIpc) is 4.17. The van der Waals surface area contributed by atoms with Crippen LogP contribution in [0.5, 0.6) is 0 Å². The number of nitrogens with zero attached hydrogens (tertiary/aromatic N) is 7. The number of hydrogen-bond donors (Lipinski definition) is 3. The number of likely N-dealkylation sites (tertiary alicyclic amines) is 1. The van der Waals surface area contributed by atoms with Crippen molar-refractivity contribution in [2.75, 3.05) is 55.3 Å². The summed E-state index contributed by atoms with van der Waals surface area (Å²) in [7, 11) is 3.97. The summed E-state index contributed by atoms with van der Waals surface area (Å²) in [6.07, 6.45) is 12.4. The number of anilines is 3. The maximum Gasteiger partial charge on any atom is 0.239 e. The van der Waals surface area contributed by atoms with Gasteiger partial charge in [0.1, 0.15) is 12.1 Å². The van der Waals surface area contributed by atoms with Crippen LogP contribution in [-0.2, 0) is 33.4 Å². The summed E-state index contributed by atoms with van der Waals surface area (Å²) in [4.78, 5) is 48.1. The molecule has 57 heavy (non-hydrogen) atoms. The Labute approximate surface area is 339 Å². The lowest BCUT2D eigenvalue weighted by Crippen LogP contribution is -2.40. The van der Waals surface area contributed by atoms with Crippen LogP contribution in [0.2, 0.25) is 0 Å². The molecular formula is C43H56N10O3S. The maximum absolute atomic E-state index is 13.5. The Bertz CT molecular complexity index is 2060. The molecule has 3 aliphatic heterocycles. The van der Waals surface area contributed by atoms with Crippen molar-refractivity contribution in [1.82, 2.24) is 34.3 Å². The molecule has 2 saturated carbocycles. The van der Waals surface area contributed by atoms with Gasteiger partial charge in [-0.25, -0.2) is 9.29 Å². The van der Waals surface area contributed by atoms with E-state index in [0.29, 0.717) is 43.2 Å². The van der Waals surface area contributed by atoms with Gasteiger partial charge in [0.15, 0.2) is 5.82 Å². The molecule has 302 valence electrons. The molecule has 0 unspecified atom stereocenters. The number of aldehydes is 1. The number of carbonyl (C=O) groups is 3. The van der Waals surface area contributed by atoms with Crippen LogP contribution in [0.3, 0.4) is 0 Å². The predicted octanol–water partition coefficient (Wildman–Crippen LogP) is 5.87. The summed E-state index contributed by atoms with van der Waals surface area (Å²) < 4.78 is 4.49. The number of nitrogens with one attached hydrogen (secondary N) is 3. The van der Waals surface area contributed by atoms with Gasteiger partial charge < -0.3 is 20.7 Å². The fourth-order valence-corrected chi connectivity index (χ4v) is 9.94. The van der Waals surface area contributed by atoms with Crippen molar-refractivity contribution >= 4 is 59.0 Å². The minimum Gasteiger partial charge on any atom is -0.371 e. The van der Waals surface area contributed by atoms with Gasteiger partial charge in [0.25, 0.3) is 0 Å². The van der Waals surface area contributed by atoms with Crippen LogP contribution in [0.1, 0.15) is 87.3 Å². The third-order valence-electron chi connectivity index (χ3n) is 12.6. The van der Waals surface area contributed by atoms with Gasteiger partial charge in [-0.05, 0) is 131 Å². The van der Waals surface area contributed by atoms with Gasteiger partial charge in [-0.2, -0.15) is 10.1 Å². The summed E-state index contributed by atoms with van der Waals surface area (Å²) in [5, 5.41) is 15.0. The smallest absolute Gasteiger partial charge is 0.239 e. The minimum absolute atomic E-state index is 0.224. The van der Waals surface area contributed by atoms with E-state index >= 15 is 0 Å². The highest BCUT2D eigenvalue weighted by Gasteiger charge is 2.61. The van der Waals surface area contributed by atoms with Gasteiger partial charge in [-0.15, -0.1) is 0 Å². The van der Waals surface area contributed by atoms with E-state index in [1.807, 2.05) is 41.8 Å². The lowest BCUT2D eigenvalue weighted by Gasteiger charge is -2.33. The topological polar surface area (TPSA) is 141 Å². The molecule has 0 radical (unpaired) electrons. The number of hydrogen-bond acceptors (Lipinski definition) is 11. The third kappa shape index (κ3) is 8.54. The summed E-state index contributed by atoms with van der Waals surface area (Å²) >= 11 is 1.89.